The Kier molecular flexibility index (Phi) is 11.1. The van der Waals surface area contributed by atoms with Gasteiger partial charge in [0.25, 0.3) is 5.69 Å². The zero-order chi connectivity index (χ0) is 28.9. The lowest BCUT2D eigenvalue weighted by atomic mass is 9.88. The predicted octanol–water partition coefficient (Wildman–Crippen LogP) is 5.05. The molecule has 4 aromatic rings. The molecule has 0 aliphatic carbocycles. The fourth-order valence-corrected chi connectivity index (χ4v) is 4.34. The number of nitrogen functional groups attached to an aromatic ring is 1. The Hall–Kier alpha value is -4.82. The SMILES string of the molecule is Cc1ccc(-c2ccc([N+](=O)[O-])cc2)cc1.N=C(N)c1cccc(CC(CO)C(Cc2ccccc2)NC=O)c1. The molecule has 0 aliphatic heterocycles. The predicted molar refractivity (Wildman–Crippen MR) is 158 cm³/mol. The molecule has 2 unspecified atom stereocenters. The molecule has 4 aromatic carbocycles. The molecule has 0 aromatic heterocycles. The molecule has 0 heterocycles. The monoisotopic (exact) mass is 538 g/mol. The van der Waals surface area contributed by atoms with Gasteiger partial charge in [0.1, 0.15) is 5.84 Å². The van der Waals surface area contributed by atoms with Crippen molar-refractivity contribution >= 4 is 17.9 Å². The summed E-state index contributed by atoms with van der Waals surface area (Å²) in [6.45, 7) is 1.99. The van der Waals surface area contributed by atoms with E-state index in [4.69, 9.17) is 11.1 Å². The summed E-state index contributed by atoms with van der Waals surface area (Å²) in [6.07, 6.45) is 1.93. The molecule has 5 N–H and O–H groups in total. The van der Waals surface area contributed by atoms with E-state index in [-0.39, 0.29) is 35.0 Å². The highest BCUT2D eigenvalue weighted by molar-refractivity contribution is 5.95. The summed E-state index contributed by atoms with van der Waals surface area (Å²) in [6, 6.07) is 31.8. The quantitative estimate of drug-likeness (QED) is 0.0695. The maximum absolute atomic E-state index is 11.0. The molecule has 1 amide bonds. The molecule has 0 fully saturated rings. The van der Waals surface area contributed by atoms with Crippen molar-refractivity contribution in [3.05, 3.63) is 135 Å². The van der Waals surface area contributed by atoms with Crippen molar-refractivity contribution in [3.63, 3.8) is 0 Å². The highest BCUT2D eigenvalue weighted by Gasteiger charge is 2.21. The largest absolute Gasteiger partial charge is 0.396 e. The summed E-state index contributed by atoms with van der Waals surface area (Å²) in [7, 11) is 0. The lowest BCUT2D eigenvalue weighted by Gasteiger charge is -2.25. The first-order chi connectivity index (χ1) is 19.3. The molecule has 0 saturated heterocycles. The minimum Gasteiger partial charge on any atom is -0.396 e. The van der Waals surface area contributed by atoms with Crippen LogP contribution < -0.4 is 11.1 Å². The third-order valence-corrected chi connectivity index (χ3v) is 6.58. The molecule has 8 nitrogen and oxygen atoms in total. The molecule has 206 valence electrons. The van der Waals surface area contributed by atoms with Crippen molar-refractivity contribution in [2.75, 3.05) is 6.61 Å². The number of non-ortho nitro benzene ring substituents is 1. The third kappa shape index (κ3) is 8.89. The van der Waals surface area contributed by atoms with Crippen molar-refractivity contribution in [2.24, 2.45) is 11.7 Å². The Morgan fingerprint density at radius 1 is 0.925 bits per heavy atom. The number of aliphatic hydroxyl groups is 1. The molecule has 8 heteroatoms. The summed E-state index contributed by atoms with van der Waals surface area (Å²) in [5, 5.41) is 30.7. The summed E-state index contributed by atoms with van der Waals surface area (Å²) >= 11 is 0. The van der Waals surface area contributed by atoms with Crippen molar-refractivity contribution in [1.29, 1.82) is 5.41 Å². The van der Waals surface area contributed by atoms with Crippen LogP contribution in [0.5, 0.6) is 0 Å². The van der Waals surface area contributed by atoms with Crippen LogP contribution in [0.4, 0.5) is 5.69 Å². The summed E-state index contributed by atoms with van der Waals surface area (Å²) in [4.78, 5) is 21.1. The second-order valence-corrected chi connectivity index (χ2v) is 9.51. The van der Waals surface area contributed by atoms with Crippen molar-refractivity contribution < 1.29 is 14.8 Å². The number of benzene rings is 4. The van der Waals surface area contributed by atoms with Crippen LogP contribution in [0.15, 0.2) is 103 Å². The Bertz CT molecular complexity index is 1390. The van der Waals surface area contributed by atoms with Gasteiger partial charge < -0.3 is 16.2 Å². The number of carbonyl (C=O) groups excluding carboxylic acids is 1. The van der Waals surface area contributed by atoms with Gasteiger partial charge in [-0.05, 0) is 60.2 Å². The van der Waals surface area contributed by atoms with Gasteiger partial charge in [-0.15, -0.1) is 0 Å². The van der Waals surface area contributed by atoms with Gasteiger partial charge >= 0.3 is 0 Å². The molecule has 0 saturated carbocycles. The average molecular weight is 539 g/mol. The van der Waals surface area contributed by atoms with Crippen LogP contribution in [0.2, 0.25) is 0 Å². The first-order valence-electron chi connectivity index (χ1n) is 12.9. The van der Waals surface area contributed by atoms with Gasteiger partial charge in [-0.2, -0.15) is 0 Å². The highest BCUT2D eigenvalue weighted by Crippen LogP contribution is 2.22. The molecule has 2 atom stereocenters. The van der Waals surface area contributed by atoms with Gasteiger partial charge in [-0.3, -0.25) is 20.3 Å². The summed E-state index contributed by atoms with van der Waals surface area (Å²) in [5.74, 6) is -0.109. The highest BCUT2D eigenvalue weighted by atomic mass is 16.6. The van der Waals surface area contributed by atoms with Gasteiger partial charge in [0.15, 0.2) is 0 Å². The number of carbonyl (C=O) groups is 1. The number of nitrogens with zero attached hydrogens (tertiary/aromatic N) is 1. The van der Waals surface area contributed by atoms with E-state index in [1.165, 1.54) is 17.7 Å². The lowest BCUT2D eigenvalue weighted by molar-refractivity contribution is -0.384. The van der Waals surface area contributed by atoms with E-state index in [1.54, 1.807) is 18.2 Å². The van der Waals surface area contributed by atoms with Crippen LogP contribution in [-0.2, 0) is 17.6 Å². The molecular weight excluding hydrogens is 504 g/mol. The van der Waals surface area contributed by atoms with Crippen molar-refractivity contribution in [1.82, 2.24) is 5.32 Å². The van der Waals surface area contributed by atoms with E-state index in [1.807, 2.05) is 79.7 Å². The number of nitro benzene ring substituents is 1. The molecule has 0 aliphatic rings. The van der Waals surface area contributed by atoms with E-state index < -0.39 is 0 Å². The first kappa shape index (κ1) is 29.7. The molecule has 0 spiro atoms. The molecular formula is C32H34N4O4. The van der Waals surface area contributed by atoms with E-state index in [2.05, 4.69) is 5.32 Å². The number of amidine groups is 1. The molecule has 4 rings (SSSR count). The minimum absolute atomic E-state index is 0.0178. The normalized spacial score (nSPS) is 11.8. The Balaban J connectivity index is 0.000000238. The number of aliphatic hydroxyl groups excluding tert-OH is 1. The van der Waals surface area contributed by atoms with Crippen LogP contribution in [0.3, 0.4) is 0 Å². The van der Waals surface area contributed by atoms with E-state index in [9.17, 15) is 20.0 Å². The number of hydrogen-bond donors (Lipinski definition) is 4. The van der Waals surface area contributed by atoms with E-state index in [0.717, 1.165) is 22.3 Å². The Morgan fingerprint density at radius 2 is 1.52 bits per heavy atom. The summed E-state index contributed by atoms with van der Waals surface area (Å²) in [5.41, 5.74) is 11.7. The topological polar surface area (TPSA) is 142 Å². The number of nitro groups is 1. The molecule has 0 bridgehead atoms. The smallest absolute Gasteiger partial charge is 0.269 e. The standard InChI is InChI=1S/C19H23N3O2.C13H11NO2/c20-19(21)16-8-4-7-15(9-16)10-17(12-23)18(22-13-24)11-14-5-2-1-3-6-14;1-10-2-4-11(5-3-10)12-6-8-13(9-7-12)14(15)16/h1-9,13,17-18,23H,10-12H2,(H3,20,21)(H,22,24);2-9H,1H3. The van der Waals surface area contributed by atoms with Crippen LogP contribution in [0, 0.1) is 28.4 Å². The van der Waals surface area contributed by atoms with Gasteiger partial charge in [0, 0.05) is 36.3 Å². The molecule has 0 radical (unpaired) electrons. The second kappa shape index (κ2) is 14.9. The number of rotatable bonds is 11. The van der Waals surface area contributed by atoms with Crippen molar-refractivity contribution in [2.45, 2.75) is 25.8 Å². The Morgan fingerprint density at radius 3 is 2.08 bits per heavy atom. The van der Waals surface area contributed by atoms with Gasteiger partial charge in [-0.1, -0.05) is 78.4 Å². The van der Waals surface area contributed by atoms with Crippen LogP contribution in [-0.4, -0.2) is 34.9 Å². The number of amides is 1. The fraction of sp³-hybridized carbons (Fsp3) is 0.188. The summed E-state index contributed by atoms with van der Waals surface area (Å²) < 4.78 is 0. The number of aryl methyl sites for hydroxylation is 1. The van der Waals surface area contributed by atoms with E-state index in [0.29, 0.717) is 24.8 Å². The minimum atomic E-state index is -0.390. The zero-order valence-corrected chi connectivity index (χ0v) is 22.4. The van der Waals surface area contributed by atoms with E-state index >= 15 is 0 Å². The van der Waals surface area contributed by atoms with Gasteiger partial charge in [-0.25, -0.2) is 0 Å². The number of hydrogen-bond acceptors (Lipinski definition) is 5. The van der Waals surface area contributed by atoms with Gasteiger partial charge in [0.05, 0.1) is 4.92 Å². The second-order valence-electron chi connectivity index (χ2n) is 9.51. The van der Waals surface area contributed by atoms with Crippen LogP contribution in [0.1, 0.15) is 22.3 Å². The third-order valence-electron chi connectivity index (χ3n) is 6.58. The fourth-order valence-electron chi connectivity index (χ4n) is 4.34. The maximum atomic E-state index is 11.0. The number of nitrogens with one attached hydrogen (secondary N) is 2. The molecule has 40 heavy (non-hydrogen) atoms. The lowest BCUT2D eigenvalue weighted by Crippen LogP contribution is -2.40. The maximum Gasteiger partial charge on any atom is 0.269 e. The van der Waals surface area contributed by atoms with Crippen LogP contribution in [0.25, 0.3) is 11.1 Å². The average Bonchev–Trinajstić information content (AvgIpc) is 2.97. The van der Waals surface area contributed by atoms with Crippen molar-refractivity contribution in [3.8, 4) is 11.1 Å². The first-order valence-corrected chi connectivity index (χ1v) is 12.9. The Labute approximate surface area is 234 Å². The number of nitrogens with two attached hydrogens (primary N) is 1. The van der Waals surface area contributed by atoms with Crippen LogP contribution >= 0.6 is 0 Å². The van der Waals surface area contributed by atoms with Gasteiger partial charge in [0.2, 0.25) is 6.41 Å². The zero-order valence-electron chi connectivity index (χ0n) is 22.4.